The molecule has 0 spiro atoms. The second kappa shape index (κ2) is 7.26. The Kier molecular flexibility index (Phi) is 5.69. The Bertz CT molecular complexity index is 720. The molecule has 1 aliphatic rings. The summed E-state index contributed by atoms with van der Waals surface area (Å²) in [6.07, 6.45) is -3.75. The molecule has 1 aromatic rings. The highest BCUT2D eigenvalue weighted by Gasteiger charge is 2.35. The third-order valence-corrected chi connectivity index (χ3v) is 5.77. The second-order valence-corrected chi connectivity index (χ2v) is 8.10. The van der Waals surface area contributed by atoms with Gasteiger partial charge in [0.05, 0.1) is 30.6 Å². The SMILES string of the molecule is CN(C)S(=O)(=O)C[C@@H]1COC[C@H]1NC(=O)c1ccc(C(F)(F)F)nc1. The number of pyridine rings is 1. The predicted octanol–water partition coefficient (Wildman–Crippen LogP) is 0.737. The number of hydrogen-bond donors (Lipinski definition) is 1. The highest BCUT2D eigenvalue weighted by atomic mass is 32.2. The summed E-state index contributed by atoms with van der Waals surface area (Å²) in [6.45, 7) is 0.302. The van der Waals surface area contributed by atoms with Crippen LogP contribution in [-0.2, 0) is 20.9 Å². The Morgan fingerprint density at radius 2 is 2.04 bits per heavy atom. The highest BCUT2D eigenvalue weighted by Crippen LogP contribution is 2.27. The number of ether oxygens (including phenoxy) is 1. The normalized spacial score (nSPS) is 21.5. The van der Waals surface area contributed by atoms with Crippen LogP contribution in [0.25, 0.3) is 0 Å². The molecule has 140 valence electrons. The van der Waals surface area contributed by atoms with Crippen molar-refractivity contribution in [2.45, 2.75) is 12.2 Å². The smallest absolute Gasteiger partial charge is 0.379 e. The fourth-order valence-electron chi connectivity index (χ4n) is 2.29. The van der Waals surface area contributed by atoms with E-state index < -0.39 is 39.8 Å². The van der Waals surface area contributed by atoms with Crippen LogP contribution >= 0.6 is 0 Å². The predicted molar refractivity (Wildman–Crippen MR) is 82.3 cm³/mol. The molecule has 0 aliphatic carbocycles. The quantitative estimate of drug-likeness (QED) is 0.813. The minimum atomic E-state index is -4.58. The molecule has 0 aromatic carbocycles. The summed E-state index contributed by atoms with van der Waals surface area (Å²) in [5.74, 6) is -1.28. The maximum atomic E-state index is 12.5. The molecule has 1 N–H and O–H groups in total. The van der Waals surface area contributed by atoms with Gasteiger partial charge >= 0.3 is 6.18 Å². The van der Waals surface area contributed by atoms with E-state index in [0.29, 0.717) is 6.07 Å². The van der Waals surface area contributed by atoms with E-state index in [1.54, 1.807) is 0 Å². The van der Waals surface area contributed by atoms with Crippen molar-refractivity contribution < 1.29 is 31.1 Å². The number of nitrogens with zero attached hydrogens (tertiary/aromatic N) is 2. The van der Waals surface area contributed by atoms with Gasteiger partial charge in [0.25, 0.3) is 5.91 Å². The van der Waals surface area contributed by atoms with E-state index in [9.17, 15) is 26.4 Å². The molecule has 1 amide bonds. The number of nitrogens with one attached hydrogen (secondary N) is 1. The largest absolute Gasteiger partial charge is 0.433 e. The molecular formula is C14H18F3N3O4S. The Morgan fingerprint density at radius 1 is 1.36 bits per heavy atom. The minimum absolute atomic E-state index is 0.0471. The third kappa shape index (κ3) is 4.89. The van der Waals surface area contributed by atoms with E-state index in [-0.39, 0.29) is 24.5 Å². The van der Waals surface area contributed by atoms with Crippen molar-refractivity contribution in [2.24, 2.45) is 5.92 Å². The van der Waals surface area contributed by atoms with Crippen LogP contribution in [0.2, 0.25) is 0 Å². The van der Waals surface area contributed by atoms with Gasteiger partial charge in [-0.05, 0) is 12.1 Å². The fraction of sp³-hybridized carbons (Fsp3) is 0.571. The molecule has 1 aromatic heterocycles. The summed E-state index contributed by atoms with van der Waals surface area (Å²) < 4.78 is 67.7. The van der Waals surface area contributed by atoms with Crippen molar-refractivity contribution in [1.82, 2.24) is 14.6 Å². The standard InChI is InChI=1S/C14H18F3N3O4S/c1-20(2)25(22,23)8-10-6-24-7-11(10)19-13(21)9-3-4-12(18-5-9)14(15,16)17/h3-5,10-11H,6-8H2,1-2H3,(H,19,21)/t10-,11+/m0/s1. The van der Waals surface area contributed by atoms with Gasteiger partial charge in [-0.15, -0.1) is 0 Å². The number of carbonyl (C=O) groups excluding carboxylic acids is 1. The van der Waals surface area contributed by atoms with E-state index in [0.717, 1.165) is 16.6 Å². The highest BCUT2D eigenvalue weighted by molar-refractivity contribution is 7.89. The van der Waals surface area contributed by atoms with Gasteiger partial charge in [-0.1, -0.05) is 0 Å². The lowest BCUT2D eigenvalue weighted by atomic mass is 10.1. The number of amides is 1. The molecule has 0 saturated carbocycles. The summed E-state index contributed by atoms with van der Waals surface area (Å²) >= 11 is 0. The summed E-state index contributed by atoms with van der Waals surface area (Å²) in [5, 5.41) is 2.60. The van der Waals surface area contributed by atoms with Gasteiger partial charge in [0.1, 0.15) is 5.69 Å². The Labute approximate surface area is 143 Å². The maximum Gasteiger partial charge on any atom is 0.433 e. The lowest BCUT2D eigenvalue weighted by molar-refractivity contribution is -0.141. The number of carbonyl (C=O) groups is 1. The van der Waals surface area contributed by atoms with Gasteiger partial charge in [0.2, 0.25) is 10.0 Å². The number of halogens is 3. The van der Waals surface area contributed by atoms with Crippen LogP contribution in [-0.4, -0.2) is 62.7 Å². The average Bonchev–Trinajstić information content (AvgIpc) is 2.92. The van der Waals surface area contributed by atoms with Gasteiger partial charge < -0.3 is 10.1 Å². The van der Waals surface area contributed by atoms with Gasteiger partial charge in [0.15, 0.2) is 0 Å². The first-order valence-electron chi connectivity index (χ1n) is 7.33. The number of sulfonamides is 1. The Hall–Kier alpha value is -1.72. The van der Waals surface area contributed by atoms with Gasteiger partial charge in [-0.2, -0.15) is 13.2 Å². The van der Waals surface area contributed by atoms with Crippen LogP contribution in [0.5, 0.6) is 0 Å². The monoisotopic (exact) mass is 381 g/mol. The molecule has 0 bridgehead atoms. The molecule has 1 saturated heterocycles. The van der Waals surface area contributed by atoms with Crippen molar-refractivity contribution in [1.29, 1.82) is 0 Å². The van der Waals surface area contributed by atoms with Crippen LogP contribution in [0.3, 0.4) is 0 Å². The van der Waals surface area contributed by atoms with Crippen LogP contribution in [0.1, 0.15) is 16.1 Å². The van der Waals surface area contributed by atoms with Crippen molar-refractivity contribution in [3.8, 4) is 0 Å². The minimum Gasteiger partial charge on any atom is -0.379 e. The topological polar surface area (TPSA) is 88.6 Å². The molecule has 2 heterocycles. The lowest BCUT2D eigenvalue weighted by Crippen LogP contribution is -2.43. The van der Waals surface area contributed by atoms with E-state index >= 15 is 0 Å². The summed E-state index contributed by atoms with van der Waals surface area (Å²) in [7, 11) is -0.654. The van der Waals surface area contributed by atoms with Gasteiger partial charge in [0, 0.05) is 26.2 Å². The molecule has 1 aliphatic heterocycles. The lowest BCUT2D eigenvalue weighted by Gasteiger charge is -2.21. The molecule has 25 heavy (non-hydrogen) atoms. The Morgan fingerprint density at radius 3 is 2.56 bits per heavy atom. The summed E-state index contributed by atoms with van der Waals surface area (Å²) in [5.41, 5.74) is -1.14. The Balaban J connectivity index is 2.04. The summed E-state index contributed by atoms with van der Waals surface area (Å²) in [4.78, 5) is 15.4. The van der Waals surface area contributed by atoms with Crippen LogP contribution in [0.15, 0.2) is 18.3 Å². The molecule has 2 atom stereocenters. The van der Waals surface area contributed by atoms with Crippen LogP contribution < -0.4 is 5.32 Å². The van der Waals surface area contributed by atoms with Gasteiger partial charge in [-0.3, -0.25) is 9.78 Å². The molecule has 1 fully saturated rings. The molecule has 0 radical (unpaired) electrons. The molecule has 7 nitrogen and oxygen atoms in total. The number of hydrogen-bond acceptors (Lipinski definition) is 5. The first kappa shape index (κ1) is 19.6. The number of aromatic nitrogens is 1. The maximum absolute atomic E-state index is 12.5. The third-order valence-electron chi connectivity index (χ3n) is 3.81. The number of alkyl halides is 3. The summed E-state index contributed by atoms with van der Waals surface area (Å²) in [6, 6.07) is 1.19. The first-order valence-corrected chi connectivity index (χ1v) is 8.93. The van der Waals surface area contributed by atoms with Crippen molar-refractivity contribution in [3.05, 3.63) is 29.6 Å². The fourth-order valence-corrected chi connectivity index (χ4v) is 3.46. The molecule has 0 unspecified atom stereocenters. The number of rotatable bonds is 5. The zero-order valence-electron chi connectivity index (χ0n) is 13.6. The van der Waals surface area contributed by atoms with E-state index in [1.807, 2.05) is 0 Å². The molecule has 2 rings (SSSR count). The van der Waals surface area contributed by atoms with Crippen molar-refractivity contribution in [3.63, 3.8) is 0 Å². The zero-order chi connectivity index (χ0) is 18.8. The van der Waals surface area contributed by atoms with E-state index in [2.05, 4.69) is 10.3 Å². The van der Waals surface area contributed by atoms with Crippen molar-refractivity contribution in [2.75, 3.05) is 33.1 Å². The molecular weight excluding hydrogens is 363 g/mol. The van der Waals surface area contributed by atoms with E-state index in [1.165, 1.54) is 14.1 Å². The second-order valence-electron chi connectivity index (χ2n) is 5.87. The van der Waals surface area contributed by atoms with E-state index in [4.69, 9.17) is 4.74 Å². The van der Waals surface area contributed by atoms with Gasteiger partial charge in [-0.25, -0.2) is 12.7 Å². The van der Waals surface area contributed by atoms with Crippen LogP contribution in [0.4, 0.5) is 13.2 Å². The zero-order valence-corrected chi connectivity index (χ0v) is 14.4. The average molecular weight is 381 g/mol. The molecule has 11 heteroatoms. The van der Waals surface area contributed by atoms with Crippen LogP contribution in [0, 0.1) is 5.92 Å². The van der Waals surface area contributed by atoms with Crippen molar-refractivity contribution >= 4 is 15.9 Å². The first-order chi connectivity index (χ1) is 11.5.